The number of carbonyl (C=O) groups excluding carboxylic acids is 1. The number of fused-ring (bicyclic) bond motifs is 1. The normalized spacial score (nSPS) is 20.2. The number of aromatic amines is 1. The van der Waals surface area contributed by atoms with Crippen molar-refractivity contribution < 1.29 is 4.79 Å². The SMILES string of the molecule is Nc1nc2c(c(=O)[nH]1)C(c1cccs1)C1=C(CSC1=O)N2. The maximum atomic E-state index is 12.3. The van der Waals surface area contributed by atoms with Gasteiger partial charge in [0.05, 0.1) is 11.5 Å². The van der Waals surface area contributed by atoms with Crippen molar-refractivity contribution >= 4 is 40.0 Å². The molecule has 2 aromatic heterocycles. The summed E-state index contributed by atoms with van der Waals surface area (Å²) < 4.78 is 0. The quantitative estimate of drug-likeness (QED) is 0.736. The zero-order valence-corrected chi connectivity index (χ0v) is 12.3. The summed E-state index contributed by atoms with van der Waals surface area (Å²) in [5, 5.41) is 5.04. The predicted octanol–water partition coefficient (Wildman–Crippen LogP) is 1.50. The first-order valence-corrected chi connectivity index (χ1v) is 8.12. The van der Waals surface area contributed by atoms with Crippen LogP contribution in [0.1, 0.15) is 16.4 Å². The first kappa shape index (κ1) is 12.7. The van der Waals surface area contributed by atoms with Crippen molar-refractivity contribution in [3.63, 3.8) is 0 Å². The molecular formula is C13H10N4O2S2. The van der Waals surface area contributed by atoms with Crippen LogP contribution in [0.4, 0.5) is 11.8 Å². The van der Waals surface area contributed by atoms with Gasteiger partial charge in [-0.3, -0.25) is 14.6 Å². The minimum Gasteiger partial charge on any atom is -0.369 e. The maximum absolute atomic E-state index is 12.3. The van der Waals surface area contributed by atoms with Gasteiger partial charge in [-0.25, -0.2) is 0 Å². The molecule has 4 heterocycles. The number of H-pyrrole nitrogens is 1. The highest BCUT2D eigenvalue weighted by atomic mass is 32.2. The molecule has 4 rings (SSSR count). The van der Waals surface area contributed by atoms with Crippen LogP contribution >= 0.6 is 23.1 Å². The fraction of sp³-hybridized carbons (Fsp3) is 0.154. The highest BCUT2D eigenvalue weighted by Gasteiger charge is 2.40. The number of nitrogens with one attached hydrogen (secondary N) is 2. The summed E-state index contributed by atoms with van der Waals surface area (Å²) in [7, 11) is 0. The van der Waals surface area contributed by atoms with Gasteiger partial charge in [0.2, 0.25) is 11.1 Å². The van der Waals surface area contributed by atoms with Gasteiger partial charge in [0.1, 0.15) is 5.82 Å². The summed E-state index contributed by atoms with van der Waals surface area (Å²) in [5.41, 5.74) is 7.26. The molecule has 0 amide bonds. The number of thioether (sulfide) groups is 1. The van der Waals surface area contributed by atoms with Crippen LogP contribution in [0.25, 0.3) is 0 Å². The number of aromatic nitrogens is 2. The summed E-state index contributed by atoms with van der Waals surface area (Å²) in [4.78, 5) is 32.2. The first-order chi connectivity index (χ1) is 10.1. The average molecular weight is 318 g/mol. The van der Waals surface area contributed by atoms with E-state index < -0.39 is 0 Å². The van der Waals surface area contributed by atoms with Gasteiger partial charge < -0.3 is 11.1 Å². The van der Waals surface area contributed by atoms with Crippen molar-refractivity contribution in [2.75, 3.05) is 16.8 Å². The maximum Gasteiger partial charge on any atom is 0.258 e. The summed E-state index contributed by atoms with van der Waals surface area (Å²) in [6.45, 7) is 0. The summed E-state index contributed by atoms with van der Waals surface area (Å²) >= 11 is 2.76. The molecule has 0 saturated carbocycles. The Kier molecular flexibility index (Phi) is 2.69. The second kappa shape index (κ2) is 4.47. The Morgan fingerprint density at radius 3 is 3.00 bits per heavy atom. The molecule has 0 radical (unpaired) electrons. The topological polar surface area (TPSA) is 101 Å². The predicted molar refractivity (Wildman–Crippen MR) is 83.5 cm³/mol. The Balaban J connectivity index is 2.02. The molecule has 0 aromatic carbocycles. The van der Waals surface area contributed by atoms with E-state index in [2.05, 4.69) is 15.3 Å². The van der Waals surface area contributed by atoms with Crippen molar-refractivity contribution in [2.24, 2.45) is 0 Å². The van der Waals surface area contributed by atoms with Gasteiger partial charge in [0.15, 0.2) is 0 Å². The third-order valence-electron chi connectivity index (χ3n) is 3.54. The average Bonchev–Trinajstić information content (AvgIpc) is 3.07. The van der Waals surface area contributed by atoms with E-state index in [-0.39, 0.29) is 22.5 Å². The molecule has 106 valence electrons. The molecule has 0 bridgehead atoms. The number of nitrogen functional groups attached to an aromatic ring is 1. The van der Waals surface area contributed by atoms with Crippen LogP contribution in [0, 0.1) is 0 Å². The Hall–Kier alpha value is -2.06. The van der Waals surface area contributed by atoms with Crippen LogP contribution in [-0.4, -0.2) is 20.8 Å². The van der Waals surface area contributed by atoms with E-state index in [0.29, 0.717) is 22.7 Å². The molecule has 2 aromatic rings. The zero-order valence-electron chi connectivity index (χ0n) is 10.7. The highest BCUT2D eigenvalue weighted by molar-refractivity contribution is 8.14. The van der Waals surface area contributed by atoms with Crippen molar-refractivity contribution in [3.8, 4) is 0 Å². The molecule has 0 spiro atoms. The fourth-order valence-corrected chi connectivity index (χ4v) is 4.44. The molecule has 8 heteroatoms. The van der Waals surface area contributed by atoms with Crippen LogP contribution in [0.3, 0.4) is 0 Å². The lowest BCUT2D eigenvalue weighted by molar-refractivity contribution is -0.107. The number of anilines is 2. The van der Waals surface area contributed by atoms with E-state index in [1.54, 1.807) is 0 Å². The second-order valence-electron chi connectivity index (χ2n) is 4.76. The molecule has 0 fully saturated rings. The van der Waals surface area contributed by atoms with Crippen molar-refractivity contribution in [1.29, 1.82) is 0 Å². The lowest BCUT2D eigenvalue weighted by Crippen LogP contribution is -2.28. The van der Waals surface area contributed by atoms with E-state index in [4.69, 9.17) is 5.73 Å². The van der Waals surface area contributed by atoms with E-state index in [1.807, 2.05) is 17.5 Å². The van der Waals surface area contributed by atoms with E-state index in [9.17, 15) is 9.59 Å². The molecule has 0 saturated heterocycles. The van der Waals surface area contributed by atoms with Crippen molar-refractivity contribution in [3.05, 3.63) is 49.6 Å². The molecule has 2 aliphatic heterocycles. The lowest BCUT2D eigenvalue weighted by atomic mass is 9.87. The number of nitrogens with two attached hydrogens (primary N) is 1. The molecule has 0 aliphatic carbocycles. The smallest absolute Gasteiger partial charge is 0.258 e. The van der Waals surface area contributed by atoms with Crippen molar-refractivity contribution in [1.82, 2.24) is 9.97 Å². The fourth-order valence-electron chi connectivity index (χ4n) is 2.70. The Morgan fingerprint density at radius 1 is 1.38 bits per heavy atom. The monoisotopic (exact) mass is 318 g/mol. The van der Waals surface area contributed by atoms with Gasteiger partial charge in [0.25, 0.3) is 5.56 Å². The van der Waals surface area contributed by atoms with Gasteiger partial charge in [-0.1, -0.05) is 17.8 Å². The van der Waals surface area contributed by atoms with Gasteiger partial charge in [-0.15, -0.1) is 11.3 Å². The van der Waals surface area contributed by atoms with E-state index >= 15 is 0 Å². The lowest BCUT2D eigenvalue weighted by Gasteiger charge is -2.25. The minimum absolute atomic E-state index is 0.0118. The van der Waals surface area contributed by atoms with Gasteiger partial charge in [-0.2, -0.15) is 4.98 Å². The minimum atomic E-state index is -0.365. The van der Waals surface area contributed by atoms with Crippen molar-refractivity contribution in [2.45, 2.75) is 5.92 Å². The molecule has 1 unspecified atom stereocenters. The van der Waals surface area contributed by atoms with Crippen LogP contribution in [0.15, 0.2) is 33.6 Å². The molecular weight excluding hydrogens is 308 g/mol. The van der Waals surface area contributed by atoms with Crippen LogP contribution in [-0.2, 0) is 4.79 Å². The summed E-state index contributed by atoms with van der Waals surface area (Å²) in [6, 6.07) is 3.84. The number of thiophene rings is 1. The third-order valence-corrected chi connectivity index (χ3v) is 5.39. The molecule has 4 N–H and O–H groups in total. The molecule has 1 atom stereocenters. The largest absolute Gasteiger partial charge is 0.369 e. The van der Waals surface area contributed by atoms with Crippen LogP contribution in [0.2, 0.25) is 0 Å². The number of hydrogen-bond acceptors (Lipinski definition) is 7. The van der Waals surface area contributed by atoms with Crippen LogP contribution < -0.4 is 16.6 Å². The molecule has 6 nitrogen and oxygen atoms in total. The first-order valence-electron chi connectivity index (χ1n) is 6.25. The number of rotatable bonds is 1. The Labute approximate surface area is 127 Å². The third kappa shape index (κ3) is 1.83. The van der Waals surface area contributed by atoms with Crippen LogP contribution in [0.5, 0.6) is 0 Å². The molecule has 2 aliphatic rings. The number of carbonyl (C=O) groups is 1. The Bertz CT molecular complexity index is 838. The summed E-state index contributed by atoms with van der Waals surface area (Å²) in [6.07, 6.45) is 0. The standard InChI is InChI=1S/C13H10N4O2S2/c14-13-16-10-9(11(18)17-13)8(6-2-1-3-20-6)7-5(15-10)4-21-12(7)19/h1-3,8H,4H2,(H4,14,15,16,17,18). The van der Waals surface area contributed by atoms with E-state index in [1.165, 1.54) is 23.1 Å². The van der Waals surface area contributed by atoms with Gasteiger partial charge in [-0.05, 0) is 11.4 Å². The zero-order chi connectivity index (χ0) is 14.6. The number of hydrogen-bond donors (Lipinski definition) is 3. The van der Waals surface area contributed by atoms with E-state index in [0.717, 1.165) is 10.6 Å². The number of nitrogens with zero attached hydrogens (tertiary/aromatic N) is 1. The highest BCUT2D eigenvalue weighted by Crippen LogP contribution is 2.46. The second-order valence-corrected chi connectivity index (χ2v) is 6.68. The molecule has 21 heavy (non-hydrogen) atoms. The summed E-state index contributed by atoms with van der Waals surface area (Å²) in [5.74, 6) is 0.723. The van der Waals surface area contributed by atoms with Gasteiger partial charge >= 0.3 is 0 Å². The van der Waals surface area contributed by atoms with Gasteiger partial charge in [0, 0.05) is 21.9 Å². The Morgan fingerprint density at radius 2 is 2.24 bits per heavy atom.